The van der Waals surface area contributed by atoms with E-state index in [0.717, 1.165) is 12.0 Å². The molecule has 0 fully saturated rings. The molecule has 0 atom stereocenters. The van der Waals surface area contributed by atoms with Gasteiger partial charge in [-0.3, -0.25) is 4.79 Å². The first-order chi connectivity index (χ1) is 11.8. The summed E-state index contributed by atoms with van der Waals surface area (Å²) in [5, 5.41) is 0. The summed E-state index contributed by atoms with van der Waals surface area (Å²) in [6.45, 7) is 2.79. The molecule has 0 aromatic heterocycles. The average molecular weight is 363 g/mol. The lowest BCUT2D eigenvalue weighted by Gasteiger charge is -2.24. The zero-order valence-corrected chi connectivity index (χ0v) is 14.8. The highest BCUT2D eigenvalue weighted by atomic mass is 35.5. The van der Waals surface area contributed by atoms with Crippen molar-refractivity contribution in [1.29, 1.82) is 0 Å². The van der Waals surface area contributed by atoms with Crippen molar-refractivity contribution < 1.29 is 14.3 Å². The van der Waals surface area contributed by atoms with Crippen molar-refractivity contribution in [2.75, 3.05) is 26.3 Å². The Morgan fingerprint density at radius 2 is 1.76 bits per heavy atom. The van der Waals surface area contributed by atoms with E-state index in [9.17, 15) is 4.79 Å². The summed E-state index contributed by atoms with van der Waals surface area (Å²) < 4.78 is 11.1. The highest BCUT2D eigenvalue weighted by molar-refractivity contribution is 5.95. The molecule has 25 heavy (non-hydrogen) atoms. The van der Waals surface area contributed by atoms with Gasteiger partial charge in [-0.25, -0.2) is 0 Å². The first-order valence-electron chi connectivity index (χ1n) is 8.21. The van der Waals surface area contributed by atoms with Gasteiger partial charge in [0.1, 0.15) is 13.2 Å². The van der Waals surface area contributed by atoms with Gasteiger partial charge < -0.3 is 20.1 Å². The van der Waals surface area contributed by atoms with Crippen LogP contribution in [0.2, 0.25) is 0 Å². The lowest BCUT2D eigenvalue weighted by Crippen LogP contribution is -2.32. The van der Waals surface area contributed by atoms with E-state index in [-0.39, 0.29) is 18.3 Å². The van der Waals surface area contributed by atoms with Crippen molar-refractivity contribution >= 4 is 18.3 Å². The Kier molecular flexibility index (Phi) is 7.10. The van der Waals surface area contributed by atoms with E-state index in [0.29, 0.717) is 49.9 Å². The van der Waals surface area contributed by atoms with Gasteiger partial charge in [-0.05, 0) is 36.7 Å². The molecule has 0 aliphatic carbocycles. The summed E-state index contributed by atoms with van der Waals surface area (Å²) in [6, 6.07) is 15.3. The van der Waals surface area contributed by atoms with Gasteiger partial charge in [0.05, 0.1) is 0 Å². The predicted molar refractivity (Wildman–Crippen MR) is 99.5 cm³/mol. The Morgan fingerprint density at radius 1 is 1.04 bits per heavy atom. The van der Waals surface area contributed by atoms with E-state index in [4.69, 9.17) is 15.2 Å². The summed E-state index contributed by atoms with van der Waals surface area (Å²) in [7, 11) is 0. The van der Waals surface area contributed by atoms with E-state index in [1.807, 2.05) is 35.2 Å². The third-order valence-electron chi connectivity index (χ3n) is 3.92. The number of carbonyl (C=O) groups excluding carboxylic acids is 1. The number of halogens is 1. The molecule has 0 unspecified atom stereocenters. The highest BCUT2D eigenvalue weighted by Gasteiger charge is 2.19. The Labute approximate surface area is 154 Å². The molecule has 1 heterocycles. The zero-order valence-electron chi connectivity index (χ0n) is 14.0. The van der Waals surface area contributed by atoms with E-state index in [1.54, 1.807) is 18.2 Å². The van der Waals surface area contributed by atoms with Gasteiger partial charge in [0.15, 0.2) is 11.5 Å². The number of carbonyl (C=O) groups is 1. The van der Waals surface area contributed by atoms with Gasteiger partial charge in [-0.2, -0.15) is 0 Å². The Bertz CT molecular complexity index is 694. The maximum Gasteiger partial charge on any atom is 0.254 e. The van der Waals surface area contributed by atoms with Crippen LogP contribution < -0.4 is 15.2 Å². The van der Waals surface area contributed by atoms with Crippen LogP contribution in [0.1, 0.15) is 22.3 Å². The Hall–Kier alpha value is -2.24. The molecular weight excluding hydrogens is 340 g/mol. The Morgan fingerprint density at radius 3 is 2.48 bits per heavy atom. The van der Waals surface area contributed by atoms with Crippen molar-refractivity contribution in [3.63, 3.8) is 0 Å². The average Bonchev–Trinajstić information content (AvgIpc) is 2.65. The van der Waals surface area contributed by atoms with Crippen LogP contribution in [0, 0.1) is 0 Å². The fourth-order valence-corrected chi connectivity index (χ4v) is 2.70. The number of benzene rings is 2. The van der Waals surface area contributed by atoms with Gasteiger partial charge in [-0.1, -0.05) is 30.3 Å². The number of ether oxygens (including phenoxy) is 2. The normalized spacial score (nSPS) is 12.2. The minimum atomic E-state index is -0.0238. The van der Waals surface area contributed by atoms with Crippen LogP contribution >= 0.6 is 12.4 Å². The van der Waals surface area contributed by atoms with Gasteiger partial charge in [-0.15, -0.1) is 12.4 Å². The number of hydrogen-bond acceptors (Lipinski definition) is 4. The fourth-order valence-electron chi connectivity index (χ4n) is 2.70. The number of rotatable bonds is 6. The number of hydrogen-bond donors (Lipinski definition) is 1. The summed E-state index contributed by atoms with van der Waals surface area (Å²) in [6.07, 6.45) is 0.767. The van der Waals surface area contributed by atoms with Gasteiger partial charge in [0, 0.05) is 18.7 Å². The van der Waals surface area contributed by atoms with Crippen molar-refractivity contribution in [1.82, 2.24) is 4.90 Å². The lowest BCUT2D eigenvalue weighted by atomic mass is 10.1. The monoisotopic (exact) mass is 362 g/mol. The van der Waals surface area contributed by atoms with E-state index in [1.165, 1.54) is 0 Å². The molecule has 0 saturated carbocycles. The van der Waals surface area contributed by atoms with Crippen LogP contribution in [-0.2, 0) is 6.54 Å². The van der Waals surface area contributed by atoms with Crippen molar-refractivity contribution in [3.05, 3.63) is 59.7 Å². The second-order valence-corrected chi connectivity index (χ2v) is 5.71. The van der Waals surface area contributed by atoms with Gasteiger partial charge in [0.2, 0.25) is 0 Å². The first-order valence-corrected chi connectivity index (χ1v) is 8.21. The molecule has 0 spiro atoms. The second kappa shape index (κ2) is 9.30. The first kappa shape index (κ1) is 19.1. The molecule has 134 valence electrons. The number of amides is 1. The molecule has 0 bridgehead atoms. The smallest absolute Gasteiger partial charge is 0.254 e. The zero-order chi connectivity index (χ0) is 16.8. The molecule has 2 N–H and O–H groups in total. The maximum absolute atomic E-state index is 12.9. The molecule has 0 radical (unpaired) electrons. The van der Waals surface area contributed by atoms with Crippen molar-refractivity contribution in [2.45, 2.75) is 13.0 Å². The van der Waals surface area contributed by atoms with Crippen LogP contribution in [0.5, 0.6) is 11.5 Å². The SMILES string of the molecule is Cl.NCCCN(Cc1ccccc1)C(=O)c1ccc2c(c1)OCCO2. The number of nitrogens with zero attached hydrogens (tertiary/aromatic N) is 1. The van der Waals surface area contributed by atoms with Gasteiger partial charge >= 0.3 is 0 Å². The molecule has 0 saturated heterocycles. The van der Waals surface area contributed by atoms with Crippen LogP contribution in [0.4, 0.5) is 0 Å². The van der Waals surface area contributed by atoms with E-state index < -0.39 is 0 Å². The molecule has 1 aliphatic heterocycles. The second-order valence-electron chi connectivity index (χ2n) is 5.71. The molecule has 1 amide bonds. The number of nitrogens with two attached hydrogens (primary N) is 1. The lowest BCUT2D eigenvalue weighted by molar-refractivity contribution is 0.0741. The molecule has 6 heteroatoms. The third kappa shape index (κ3) is 4.87. The van der Waals surface area contributed by atoms with Crippen LogP contribution in [0.15, 0.2) is 48.5 Å². The quantitative estimate of drug-likeness (QED) is 0.858. The largest absolute Gasteiger partial charge is 0.486 e. The molecule has 2 aromatic carbocycles. The molecule has 3 rings (SSSR count). The molecule has 1 aliphatic rings. The van der Waals surface area contributed by atoms with E-state index in [2.05, 4.69) is 0 Å². The molecular formula is C19H23ClN2O3. The topological polar surface area (TPSA) is 64.8 Å². The van der Waals surface area contributed by atoms with Crippen LogP contribution in [0.3, 0.4) is 0 Å². The summed E-state index contributed by atoms with van der Waals surface area (Å²) in [5.41, 5.74) is 7.33. The molecule has 5 nitrogen and oxygen atoms in total. The third-order valence-corrected chi connectivity index (χ3v) is 3.92. The Balaban J connectivity index is 0.00000225. The van der Waals surface area contributed by atoms with Gasteiger partial charge in [0.25, 0.3) is 5.91 Å². The summed E-state index contributed by atoms with van der Waals surface area (Å²) in [4.78, 5) is 14.8. The highest BCUT2D eigenvalue weighted by Crippen LogP contribution is 2.31. The minimum absolute atomic E-state index is 0. The standard InChI is InChI=1S/C19H22N2O3.ClH/c20-9-4-10-21(14-15-5-2-1-3-6-15)19(22)16-7-8-17-18(13-16)24-12-11-23-17;/h1-3,5-8,13H,4,9-12,14,20H2;1H. The predicted octanol–water partition coefficient (Wildman–Crippen LogP) is 2.87. The summed E-state index contributed by atoms with van der Waals surface area (Å²) >= 11 is 0. The maximum atomic E-state index is 12.9. The minimum Gasteiger partial charge on any atom is -0.486 e. The fraction of sp³-hybridized carbons (Fsp3) is 0.316. The van der Waals surface area contributed by atoms with Crippen LogP contribution in [0.25, 0.3) is 0 Å². The number of fused-ring (bicyclic) bond motifs is 1. The summed E-state index contributed by atoms with van der Waals surface area (Å²) in [5.74, 6) is 1.30. The molecule has 2 aromatic rings. The van der Waals surface area contributed by atoms with E-state index >= 15 is 0 Å². The van der Waals surface area contributed by atoms with Crippen molar-refractivity contribution in [2.24, 2.45) is 5.73 Å². The van der Waals surface area contributed by atoms with Crippen molar-refractivity contribution in [3.8, 4) is 11.5 Å². The van der Waals surface area contributed by atoms with Crippen LogP contribution in [-0.4, -0.2) is 37.1 Å².